The van der Waals surface area contributed by atoms with Crippen LogP contribution < -0.4 is 5.32 Å². The van der Waals surface area contributed by atoms with Crippen molar-refractivity contribution in [2.45, 2.75) is 6.92 Å². The van der Waals surface area contributed by atoms with E-state index in [1.54, 1.807) is 5.38 Å². The zero-order valence-electron chi connectivity index (χ0n) is 7.29. The van der Waals surface area contributed by atoms with Gasteiger partial charge in [-0.1, -0.05) is 0 Å². The van der Waals surface area contributed by atoms with E-state index in [0.717, 1.165) is 5.56 Å². The van der Waals surface area contributed by atoms with Crippen molar-refractivity contribution >= 4 is 28.9 Å². The molecule has 13 heavy (non-hydrogen) atoms. The molecule has 0 aliphatic heterocycles. The summed E-state index contributed by atoms with van der Waals surface area (Å²) in [5.41, 5.74) is 1.59. The number of methoxy groups -OCH3 is 1. The quantitative estimate of drug-likeness (QED) is 0.545. The molecule has 1 aromatic rings. The zero-order chi connectivity index (χ0) is 9.84. The average molecular weight is 199 g/mol. The normalized spacial score (nSPS) is 9.38. The second kappa shape index (κ2) is 4.04. The highest BCUT2D eigenvalue weighted by Gasteiger charge is 2.14. The Morgan fingerprint density at radius 1 is 1.46 bits per heavy atom. The van der Waals surface area contributed by atoms with E-state index in [9.17, 15) is 9.59 Å². The van der Waals surface area contributed by atoms with Crippen LogP contribution in [0.15, 0.2) is 10.8 Å². The molecular weight excluding hydrogens is 190 g/mol. The molecule has 0 aliphatic carbocycles. The van der Waals surface area contributed by atoms with Gasteiger partial charge in [-0.15, -0.1) is 11.3 Å². The average Bonchev–Trinajstić information content (AvgIpc) is 2.50. The van der Waals surface area contributed by atoms with E-state index in [2.05, 4.69) is 10.1 Å². The number of carbonyl (C=O) groups is 2. The van der Waals surface area contributed by atoms with Gasteiger partial charge in [0.25, 0.3) is 0 Å². The lowest BCUT2D eigenvalue weighted by molar-refractivity contribution is -0.150. The number of thiophene rings is 1. The first kappa shape index (κ1) is 9.73. The van der Waals surface area contributed by atoms with E-state index >= 15 is 0 Å². The molecule has 0 spiro atoms. The van der Waals surface area contributed by atoms with Crippen LogP contribution in [0.1, 0.15) is 5.56 Å². The van der Waals surface area contributed by atoms with Crippen LogP contribution in [0.5, 0.6) is 0 Å². The summed E-state index contributed by atoms with van der Waals surface area (Å²) in [6, 6.07) is 0. The first-order valence-corrected chi connectivity index (χ1v) is 4.51. The molecule has 1 aromatic heterocycles. The molecule has 0 unspecified atom stereocenters. The summed E-state index contributed by atoms with van der Waals surface area (Å²) in [6.07, 6.45) is 0. The molecule has 0 atom stereocenters. The van der Waals surface area contributed by atoms with Gasteiger partial charge in [0, 0.05) is 5.38 Å². The van der Waals surface area contributed by atoms with Crippen molar-refractivity contribution in [3.63, 3.8) is 0 Å². The number of aryl methyl sites for hydroxylation is 1. The molecule has 1 heterocycles. The van der Waals surface area contributed by atoms with Gasteiger partial charge in [0.15, 0.2) is 0 Å². The summed E-state index contributed by atoms with van der Waals surface area (Å²) < 4.78 is 4.25. The first-order valence-electron chi connectivity index (χ1n) is 3.57. The molecule has 70 valence electrons. The topological polar surface area (TPSA) is 55.4 Å². The highest BCUT2D eigenvalue weighted by atomic mass is 32.1. The van der Waals surface area contributed by atoms with Gasteiger partial charge in [0.2, 0.25) is 0 Å². The lowest BCUT2D eigenvalue weighted by Crippen LogP contribution is -2.23. The summed E-state index contributed by atoms with van der Waals surface area (Å²) >= 11 is 1.46. The van der Waals surface area contributed by atoms with Crippen molar-refractivity contribution in [1.82, 2.24) is 0 Å². The fourth-order valence-electron chi connectivity index (χ4n) is 0.755. The molecule has 1 rings (SSSR count). The maximum Gasteiger partial charge on any atom is 0.396 e. The third-order valence-corrected chi connectivity index (χ3v) is 2.34. The minimum Gasteiger partial charge on any atom is -0.462 e. The van der Waals surface area contributed by atoms with Crippen molar-refractivity contribution in [3.8, 4) is 0 Å². The number of ether oxygens (including phenoxy) is 1. The lowest BCUT2D eigenvalue weighted by atomic mass is 10.3. The molecule has 5 heteroatoms. The van der Waals surface area contributed by atoms with Gasteiger partial charge < -0.3 is 10.1 Å². The van der Waals surface area contributed by atoms with Gasteiger partial charge in [-0.3, -0.25) is 4.79 Å². The van der Waals surface area contributed by atoms with Gasteiger partial charge in [-0.05, 0) is 17.9 Å². The van der Waals surface area contributed by atoms with E-state index in [1.807, 2.05) is 12.3 Å². The minimum absolute atomic E-state index is 0.653. The van der Waals surface area contributed by atoms with Crippen LogP contribution in [-0.2, 0) is 14.3 Å². The highest BCUT2D eigenvalue weighted by Crippen LogP contribution is 2.18. The van der Waals surface area contributed by atoms with Crippen LogP contribution in [0.2, 0.25) is 0 Å². The third kappa shape index (κ3) is 2.29. The molecule has 0 aliphatic rings. The Labute approximate surface area is 79.5 Å². The van der Waals surface area contributed by atoms with Crippen molar-refractivity contribution < 1.29 is 14.3 Å². The van der Waals surface area contributed by atoms with Crippen LogP contribution in [0.25, 0.3) is 0 Å². The molecule has 0 radical (unpaired) electrons. The lowest BCUT2D eigenvalue weighted by Gasteiger charge is -2.01. The Kier molecular flexibility index (Phi) is 3.02. The van der Waals surface area contributed by atoms with Crippen molar-refractivity contribution in [2.24, 2.45) is 0 Å². The van der Waals surface area contributed by atoms with Gasteiger partial charge in [-0.25, -0.2) is 4.79 Å². The Balaban J connectivity index is 2.65. The molecule has 0 saturated carbocycles. The van der Waals surface area contributed by atoms with Crippen molar-refractivity contribution in [1.29, 1.82) is 0 Å². The summed E-state index contributed by atoms with van der Waals surface area (Å²) in [7, 11) is 1.17. The number of amides is 1. The number of esters is 1. The van der Waals surface area contributed by atoms with Crippen LogP contribution in [0.4, 0.5) is 5.69 Å². The largest absolute Gasteiger partial charge is 0.462 e. The molecule has 0 aromatic carbocycles. The predicted molar refractivity (Wildman–Crippen MR) is 49.7 cm³/mol. The van der Waals surface area contributed by atoms with Gasteiger partial charge in [0.1, 0.15) is 0 Å². The monoisotopic (exact) mass is 199 g/mol. The fraction of sp³-hybridized carbons (Fsp3) is 0.250. The number of hydrogen-bond donors (Lipinski definition) is 1. The number of carbonyl (C=O) groups excluding carboxylic acids is 2. The minimum atomic E-state index is -0.884. The van der Waals surface area contributed by atoms with Crippen LogP contribution >= 0.6 is 11.3 Å². The maximum absolute atomic E-state index is 11.0. The molecule has 0 fully saturated rings. The van der Waals surface area contributed by atoms with E-state index in [1.165, 1.54) is 18.4 Å². The summed E-state index contributed by atoms with van der Waals surface area (Å²) in [6.45, 7) is 1.85. The Morgan fingerprint density at radius 2 is 2.15 bits per heavy atom. The zero-order valence-corrected chi connectivity index (χ0v) is 8.10. The third-order valence-electron chi connectivity index (χ3n) is 1.47. The van der Waals surface area contributed by atoms with Crippen molar-refractivity contribution in [2.75, 3.05) is 12.4 Å². The van der Waals surface area contributed by atoms with Crippen LogP contribution in [-0.4, -0.2) is 19.0 Å². The Hall–Kier alpha value is -1.36. The smallest absolute Gasteiger partial charge is 0.396 e. The van der Waals surface area contributed by atoms with E-state index in [0.29, 0.717) is 5.69 Å². The molecule has 1 N–H and O–H groups in total. The highest BCUT2D eigenvalue weighted by molar-refractivity contribution is 7.08. The molecule has 0 bridgehead atoms. The number of anilines is 1. The second-order valence-electron chi connectivity index (χ2n) is 2.41. The summed E-state index contributed by atoms with van der Waals surface area (Å²) in [5.74, 6) is -1.63. The van der Waals surface area contributed by atoms with Crippen molar-refractivity contribution in [3.05, 3.63) is 16.3 Å². The second-order valence-corrected chi connectivity index (χ2v) is 3.16. The molecule has 1 amide bonds. The van der Waals surface area contributed by atoms with E-state index in [4.69, 9.17) is 0 Å². The molecular formula is C8H9NO3S. The SMILES string of the molecule is COC(=O)C(=O)Nc1cscc1C. The molecule has 4 nitrogen and oxygen atoms in total. The van der Waals surface area contributed by atoms with Gasteiger partial charge in [-0.2, -0.15) is 0 Å². The maximum atomic E-state index is 11.0. The van der Waals surface area contributed by atoms with Gasteiger partial charge >= 0.3 is 11.9 Å². The number of hydrogen-bond acceptors (Lipinski definition) is 4. The first-order chi connectivity index (χ1) is 6.15. The predicted octanol–water partition coefficient (Wildman–Crippen LogP) is 1.17. The van der Waals surface area contributed by atoms with Crippen LogP contribution in [0, 0.1) is 6.92 Å². The standard InChI is InChI=1S/C8H9NO3S/c1-5-3-13-4-6(5)9-7(10)8(11)12-2/h3-4H,1-2H3,(H,9,10). The van der Waals surface area contributed by atoms with E-state index < -0.39 is 11.9 Å². The number of rotatable bonds is 1. The van der Waals surface area contributed by atoms with E-state index in [-0.39, 0.29) is 0 Å². The van der Waals surface area contributed by atoms with Crippen LogP contribution in [0.3, 0.4) is 0 Å². The fourth-order valence-corrected chi connectivity index (χ4v) is 1.53. The summed E-state index contributed by atoms with van der Waals surface area (Å²) in [4.78, 5) is 21.7. The molecule has 0 saturated heterocycles. The Morgan fingerprint density at radius 3 is 2.62 bits per heavy atom. The summed E-state index contributed by atoms with van der Waals surface area (Å²) in [5, 5.41) is 6.08. The number of nitrogens with one attached hydrogen (secondary N) is 1. The Bertz CT molecular complexity index is 332. The van der Waals surface area contributed by atoms with Gasteiger partial charge in [0.05, 0.1) is 12.8 Å².